The van der Waals surface area contributed by atoms with Gasteiger partial charge in [0.2, 0.25) is 0 Å². The maximum Gasteiger partial charge on any atom is 0.255 e. The van der Waals surface area contributed by atoms with E-state index in [0.29, 0.717) is 41.0 Å². The summed E-state index contributed by atoms with van der Waals surface area (Å²) >= 11 is 6.04. The molecule has 1 amide bonds. The summed E-state index contributed by atoms with van der Waals surface area (Å²) in [5, 5.41) is 3.34. The van der Waals surface area contributed by atoms with Crippen LogP contribution in [0.1, 0.15) is 21.5 Å². The number of carbonyl (C=O) groups is 1. The van der Waals surface area contributed by atoms with E-state index >= 15 is 0 Å². The van der Waals surface area contributed by atoms with Gasteiger partial charge in [-0.25, -0.2) is 0 Å². The Kier molecular flexibility index (Phi) is 7.11. The average Bonchev–Trinajstić information content (AvgIpc) is 2.74. The second-order valence-electron chi connectivity index (χ2n) is 6.30. The lowest BCUT2D eigenvalue weighted by atomic mass is 10.1. The molecule has 0 fully saturated rings. The average molecular weight is 412 g/mol. The van der Waals surface area contributed by atoms with E-state index in [9.17, 15) is 4.79 Å². The fourth-order valence-electron chi connectivity index (χ4n) is 2.86. The van der Waals surface area contributed by atoms with Crippen LogP contribution in [-0.2, 0) is 18.0 Å². The molecule has 0 aliphatic carbocycles. The molecule has 1 N–H and O–H groups in total. The first kappa shape index (κ1) is 20.7. The van der Waals surface area contributed by atoms with Gasteiger partial charge in [0, 0.05) is 16.1 Å². The Morgan fingerprint density at radius 1 is 0.897 bits per heavy atom. The fraction of sp³-hybridized carbons (Fsp3) is 0.174. The molecule has 6 heteroatoms. The number of methoxy groups -OCH3 is 2. The van der Waals surface area contributed by atoms with E-state index in [2.05, 4.69) is 5.32 Å². The molecule has 29 heavy (non-hydrogen) atoms. The molecule has 0 saturated heterocycles. The minimum atomic E-state index is -0.280. The summed E-state index contributed by atoms with van der Waals surface area (Å²) in [6.45, 7) is 0.791. The van der Waals surface area contributed by atoms with Gasteiger partial charge in [-0.3, -0.25) is 4.79 Å². The third kappa shape index (κ3) is 5.50. The molecule has 0 bridgehead atoms. The van der Waals surface area contributed by atoms with E-state index in [0.717, 1.165) is 11.1 Å². The minimum absolute atomic E-state index is 0.280. The molecule has 0 unspecified atom stereocenters. The van der Waals surface area contributed by atoms with Crippen molar-refractivity contribution in [3.8, 4) is 11.5 Å². The van der Waals surface area contributed by atoms with Gasteiger partial charge in [0.25, 0.3) is 5.91 Å². The van der Waals surface area contributed by atoms with Crippen LogP contribution in [0.15, 0.2) is 66.7 Å². The Hall–Kier alpha value is -3.02. The number of anilines is 1. The number of amides is 1. The minimum Gasteiger partial charge on any atom is -0.496 e. The number of halogens is 1. The monoisotopic (exact) mass is 411 g/mol. The van der Waals surface area contributed by atoms with Crippen LogP contribution in [0.5, 0.6) is 11.5 Å². The summed E-state index contributed by atoms with van der Waals surface area (Å²) in [7, 11) is 3.13. The van der Waals surface area contributed by atoms with Crippen LogP contribution < -0.4 is 14.8 Å². The zero-order valence-electron chi connectivity index (χ0n) is 16.3. The molecule has 0 spiro atoms. The van der Waals surface area contributed by atoms with Gasteiger partial charge in [-0.15, -0.1) is 0 Å². The molecule has 0 aliphatic heterocycles. The van der Waals surface area contributed by atoms with Crippen molar-refractivity contribution in [3.05, 3.63) is 88.4 Å². The third-order valence-corrected chi connectivity index (χ3v) is 4.56. The number of hydrogen-bond donors (Lipinski definition) is 1. The number of carbonyl (C=O) groups excluding carboxylic acids is 1. The summed E-state index contributed by atoms with van der Waals surface area (Å²) in [5.41, 5.74) is 2.84. The van der Waals surface area contributed by atoms with E-state index in [1.165, 1.54) is 7.11 Å². The first-order valence-corrected chi connectivity index (χ1v) is 9.42. The lowest BCUT2D eigenvalue weighted by molar-refractivity contribution is 0.102. The Bertz CT molecular complexity index is 976. The van der Waals surface area contributed by atoms with Gasteiger partial charge in [0.1, 0.15) is 11.5 Å². The summed E-state index contributed by atoms with van der Waals surface area (Å²) in [4.78, 5) is 12.7. The molecule has 150 valence electrons. The molecule has 5 nitrogen and oxygen atoms in total. The highest BCUT2D eigenvalue weighted by Crippen LogP contribution is 2.29. The van der Waals surface area contributed by atoms with Crippen LogP contribution >= 0.6 is 11.6 Å². The lowest BCUT2D eigenvalue weighted by Gasteiger charge is -2.13. The Morgan fingerprint density at radius 3 is 2.34 bits per heavy atom. The molecule has 0 radical (unpaired) electrons. The topological polar surface area (TPSA) is 56.8 Å². The van der Waals surface area contributed by atoms with Crippen molar-refractivity contribution in [2.24, 2.45) is 0 Å². The molecular formula is C23H22ClNO4. The standard InChI is InChI=1S/C23H22ClNO4/c1-27-21-10-8-17(12-18(21)15-29-14-16-6-4-3-5-7-16)23(26)25-20-13-19(24)9-11-22(20)28-2/h3-13H,14-15H2,1-2H3,(H,25,26). The quantitative estimate of drug-likeness (QED) is 0.544. The van der Waals surface area contributed by atoms with E-state index in [1.54, 1.807) is 43.5 Å². The molecule has 0 aliphatic rings. The number of nitrogens with one attached hydrogen (secondary N) is 1. The molecule has 3 aromatic carbocycles. The van der Waals surface area contributed by atoms with Crippen molar-refractivity contribution in [3.63, 3.8) is 0 Å². The van der Waals surface area contributed by atoms with E-state index in [-0.39, 0.29) is 5.91 Å². The molecule has 0 atom stereocenters. The summed E-state index contributed by atoms with van der Waals surface area (Å²) in [6, 6.07) is 20.2. The predicted molar refractivity (Wildman–Crippen MR) is 114 cm³/mol. The van der Waals surface area contributed by atoms with Gasteiger partial charge in [0.05, 0.1) is 33.1 Å². The highest BCUT2D eigenvalue weighted by molar-refractivity contribution is 6.31. The number of benzene rings is 3. The van der Waals surface area contributed by atoms with Gasteiger partial charge in [-0.1, -0.05) is 41.9 Å². The van der Waals surface area contributed by atoms with Crippen molar-refractivity contribution >= 4 is 23.2 Å². The van der Waals surface area contributed by atoms with Crippen molar-refractivity contribution in [2.45, 2.75) is 13.2 Å². The maximum absolute atomic E-state index is 12.7. The van der Waals surface area contributed by atoms with Crippen molar-refractivity contribution < 1.29 is 19.0 Å². The zero-order chi connectivity index (χ0) is 20.6. The first-order valence-electron chi connectivity index (χ1n) is 9.04. The first-order chi connectivity index (χ1) is 14.1. The second-order valence-corrected chi connectivity index (χ2v) is 6.74. The van der Waals surface area contributed by atoms with Gasteiger partial charge >= 0.3 is 0 Å². The van der Waals surface area contributed by atoms with Crippen LogP contribution in [0.3, 0.4) is 0 Å². The highest BCUT2D eigenvalue weighted by Gasteiger charge is 2.13. The van der Waals surface area contributed by atoms with Gasteiger partial charge < -0.3 is 19.5 Å². The van der Waals surface area contributed by atoms with Crippen LogP contribution in [0, 0.1) is 0 Å². The van der Waals surface area contributed by atoms with Crippen LogP contribution in [-0.4, -0.2) is 20.1 Å². The van der Waals surface area contributed by atoms with Crippen LogP contribution in [0.2, 0.25) is 5.02 Å². The second kappa shape index (κ2) is 9.96. The summed E-state index contributed by atoms with van der Waals surface area (Å²) in [6.07, 6.45) is 0. The van der Waals surface area contributed by atoms with Gasteiger partial charge in [0.15, 0.2) is 0 Å². The highest BCUT2D eigenvalue weighted by atomic mass is 35.5. The van der Waals surface area contributed by atoms with Crippen LogP contribution in [0.25, 0.3) is 0 Å². The maximum atomic E-state index is 12.7. The lowest BCUT2D eigenvalue weighted by Crippen LogP contribution is -2.13. The summed E-state index contributed by atoms with van der Waals surface area (Å²) < 4.78 is 16.5. The number of rotatable bonds is 8. The normalized spacial score (nSPS) is 10.4. The van der Waals surface area contributed by atoms with Crippen LogP contribution in [0.4, 0.5) is 5.69 Å². The van der Waals surface area contributed by atoms with Gasteiger partial charge in [-0.05, 0) is 42.0 Å². The zero-order valence-corrected chi connectivity index (χ0v) is 17.0. The van der Waals surface area contributed by atoms with E-state index in [4.69, 9.17) is 25.8 Å². The Balaban J connectivity index is 1.73. The summed E-state index contributed by atoms with van der Waals surface area (Å²) in [5.74, 6) is 0.912. The van der Waals surface area contributed by atoms with E-state index < -0.39 is 0 Å². The Labute approximate surface area is 175 Å². The molecule has 3 aromatic rings. The SMILES string of the molecule is COc1ccc(C(=O)Nc2cc(Cl)ccc2OC)cc1COCc1ccccc1. The third-order valence-electron chi connectivity index (χ3n) is 4.32. The smallest absolute Gasteiger partial charge is 0.255 e. The number of hydrogen-bond acceptors (Lipinski definition) is 4. The predicted octanol–water partition coefficient (Wildman–Crippen LogP) is 5.33. The largest absolute Gasteiger partial charge is 0.496 e. The number of ether oxygens (including phenoxy) is 3. The van der Waals surface area contributed by atoms with Crippen molar-refractivity contribution in [2.75, 3.05) is 19.5 Å². The molecule has 0 heterocycles. The molecule has 0 aromatic heterocycles. The van der Waals surface area contributed by atoms with Crippen molar-refractivity contribution in [1.82, 2.24) is 0 Å². The molecule has 3 rings (SSSR count). The molecule has 0 saturated carbocycles. The fourth-order valence-corrected chi connectivity index (χ4v) is 3.03. The van der Waals surface area contributed by atoms with E-state index in [1.807, 2.05) is 30.3 Å². The van der Waals surface area contributed by atoms with Gasteiger partial charge in [-0.2, -0.15) is 0 Å². The Morgan fingerprint density at radius 2 is 1.62 bits per heavy atom. The molecular weight excluding hydrogens is 390 g/mol. The van der Waals surface area contributed by atoms with Crippen molar-refractivity contribution in [1.29, 1.82) is 0 Å².